The fourth-order valence-corrected chi connectivity index (χ4v) is 2.25. The van der Waals surface area contributed by atoms with Crippen molar-refractivity contribution in [2.45, 2.75) is 26.3 Å². The summed E-state index contributed by atoms with van der Waals surface area (Å²) >= 11 is 6.32. The molecule has 2 rings (SSSR count). The van der Waals surface area contributed by atoms with E-state index in [1.807, 2.05) is 12.3 Å². The van der Waals surface area contributed by atoms with Gasteiger partial charge in [-0.15, -0.1) is 0 Å². The van der Waals surface area contributed by atoms with E-state index in [4.69, 9.17) is 11.6 Å². The van der Waals surface area contributed by atoms with E-state index < -0.39 is 0 Å². The van der Waals surface area contributed by atoms with Crippen molar-refractivity contribution >= 4 is 11.6 Å². The summed E-state index contributed by atoms with van der Waals surface area (Å²) in [5.41, 5.74) is 3.58. The minimum absolute atomic E-state index is 0.833. The van der Waals surface area contributed by atoms with Crippen LogP contribution in [-0.4, -0.2) is 11.5 Å². The van der Waals surface area contributed by atoms with Crippen LogP contribution in [-0.2, 0) is 13.0 Å². The molecule has 0 unspecified atom stereocenters. The summed E-state index contributed by atoms with van der Waals surface area (Å²) in [6.45, 7) is 4.01. The predicted molar refractivity (Wildman–Crippen MR) is 80.5 cm³/mol. The van der Waals surface area contributed by atoms with Gasteiger partial charge in [-0.3, -0.25) is 4.98 Å². The summed E-state index contributed by atoms with van der Waals surface area (Å²) in [5, 5.41) is 4.20. The van der Waals surface area contributed by atoms with Crippen molar-refractivity contribution in [3.63, 3.8) is 0 Å². The Morgan fingerprint density at radius 2 is 2.11 bits per heavy atom. The summed E-state index contributed by atoms with van der Waals surface area (Å²) < 4.78 is 0. The first-order valence-corrected chi connectivity index (χ1v) is 7.04. The molecule has 0 radical (unpaired) electrons. The molecule has 2 aromatic rings. The van der Waals surface area contributed by atoms with Gasteiger partial charge in [-0.1, -0.05) is 36.7 Å². The number of benzene rings is 1. The Morgan fingerprint density at radius 1 is 1.21 bits per heavy atom. The summed E-state index contributed by atoms with van der Waals surface area (Å²) in [7, 11) is 0. The Labute approximate surface area is 119 Å². The van der Waals surface area contributed by atoms with Crippen LogP contribution >= 0.6 is 11.6 Å². The molecule has 0 aliphatic carbocycles. The Hall–Kier alpha value is -1.38. The Bertz CT molecular complexity index is 511. The average molecular weight is 275 g/mol. The molecule has 2 nitrogen and oxygen atoms in total. The van der Waals surface area contributed by atoms with E-state index in [9.17, 15) is 0 Å². The topological polar surface area (TPSA) is 24.9 Å². The van der Waals surface area contributed by atoms with Gasteiger partial charge in [-0.25, -0.2) is 0 Å². The van der Waals surface area contributed by atoms with Crippen LogP contribution in [0.1, 0.15) is 30.0 Å². The van der Waals surface area contributed by atoms with E-state index in [1.54, 1.807) is 6.20 Å². The maximum atomic E-state index is 6.32. The van der Waals surface area contributed by atoms with Gasteiger partial charge in [0.2, 0.25) is 0 Å². The van der Waals surface area contributed by atoms with Crippen LogP contribution < -0.4 is 5.32 Å². The third-order valence-electron chi connectivity index (χ3n) is 2.99. The summed E-state index contributed by atoms with van der Waals surface area (Å²) in [5.74, 6) is 0. The smallest absolute Gasteiger partial charge is 0.0453 e. The first-order valence-electron chi connectivity index (χ1n) is 6.66. The van der Waals surface area contributed by atoms with Crippen LogP contribution in [0.4, 0.5) is 0 Å². The van der Waals surface area contributed by atoms with Crippen molar-refractivity contribution in [3.8, 4) is 0 Å². The second kappa shape index (κ2) is 7.27. The van der Waals surface area contributed by atoms with Crippen LogP contribution in [0.5, 0.6) is 0 Å². The molecule has 1 N–H and O–H groups in total. The lowest BCUT2D eigenvalue weighted by Crippen LogP contribution is -2.14. The third kappa shape index (κ3) is 4.34. The molecule has 0 bridgehead atoms. The highest BCUT2D eigenvalue weighted by Gasteiger charge is 2.03. The average Bonchev–Trinajstić information content (AvgIpc) is 2.43. The zero-order chi connectivity index (χ0) is 13.5. The molecule has 0 aliphatic rings. The number of aromatic nitrogens is 1. The molecule has 0 fully saturated rings. The molecule has 0 saturated carbocycles. The van der Waals surface area contributed by atoms with Gasteiger partial charge in [0.25, 0.3) is 0 Å². The number of hydrogen-bond donors (Lipinski definition) is 1. The van der Waals surface area contributed by atoms with Crippen LogP contribution in [0.2, 0.25) is 5.02 Å². The highest BCUT2D eigenvalue weighted by atomic mass is 35.5. The third-order valence-corrected chi connectivity index (χ3v) is 3.34. The molecule has 19 heavy (non-hydrogen) atoms. The van der Waals surface area contributed by atoms with Crippen molar-refractivity contribution in [2.75, 3.05) is 6.54 Å². The normalized spacial score (nSPS) is 10.6. The first kappa shape index (κ1) is 14.0. The SMILES string of the molecule is CCCNCc1ccc(Cc2cccnc2)cc1Cl. The summed E-state index contributed by atoms with van der Waals surface area (Å²) in [6, 6.07) is 10.3. The van der Waals surface area contributed by atoms with Crippen LogP contribution in [0.15, 0.2) is 42.7 Å². The molecule has 1 aromatic heterocycles. The van der Waals surface area contributed by atoms with E-state index >= 15 is 0 Å². The molecule has 1 heterocycles. The van der Waals surface area contributed by atoms with E-state index in [1.165, 1.54) is 11.1 Å². The number of nitrogens with one attached hydrogen (secondary N) is 1. The quantitative estimate of drug-likeness (QED) is 0.810. The molecule has 0 aliphatic heterocycles. The predicted octanol–water partition coefficient (Wildman–Crippen LogP) is 3.83. The van der Waals surface area contributed by atoms with Crippen LogP contribution in [0.3, 0.4) is 0 Å². The molecule has 1 aromatic carbocycles. The van der Waals surface area contributed by atoms with E-state index in [0.717, 1.165) is 36.5 Å². The number of hydrogen-bond acceptors (Lipinski definition) is 2. The molecule has 100 valence electrons. The van der Waals surface area contributed by atoms with Crippen molar-refractivity contribution in [1.82, 2.24) is 10.3 Å². The lowest BCUT2D eigenvalue weighted by molar-refractivity contribution is 0.675. The maximum Gasteiger partial charge on any atom is 0.0453 e. The number of pyridine rings is 1. The lowest BCUT2D eigenvalue weighted by Gasteiger charge is -2.08. The lowest BCUT2D eigenvalue weighted by atomic mass is 10.0. The Balaban J connectivity index is 2.02. The highest BCUT2D eigenvalue weighted by molar-refractivity contribution is 6.31. The molecule has 0 amide bonds. The molecule has 0 spiro atoms. The molecule has 0 atom stereocenters. The van der Waals surface area contributed by atoms with Crippen molar-refractivity contribution < 1.29 is 0 Å². The molecule has 0 saturated heterocycles. The largest absolute Gasteiger partial charge is 0.313 e. The number of rotatable bonds is 6. The van der Waals surface area contributed by atoms with Gasteiger partial charge in [0.15, 0.2) is 0 Å². The first-order chi connectivity index (χ1) is 9.29. The van der Waals surface area contributed by atoms with Gasteiger partial charge in [0, 0.05) is 24.0 Å². The van der Waals surface area contributed by atoms with Gasteiger partial charge < -0.3 is 5.32 Å². The number of halogens is 1. The van der Waals surface area contributed by atoms with Crippen LogP contribution in [0, 0.1) is 0 Å². The van der Waals surface area contributed by atoms with Crippen molar-refractivity contribution in [1.29, 1.82) is 0 Å². The fourth-order valence-electron chi connectivity index (χ4n) is 1.98. The molecular formula is C16H19ClN2. The van der Waals surface area contributed by atoms with Gasteiger partial charge in [0.1, 0.15) is 0 Å². The van der Waals surface area contributed by atoms with Gasteiger partial charge in [0.05, 0.1) is 0 Å². The zero-order valence-corrected chi connectivity index (χ0v) is 12.0. The van der Waals surface area contributed by atoms with Crippen LogP contribution in [0.25, 0.3) is 0 Å². The zero-order valence-electron chi connectivity index (χ0n) is 11.2. The second-order valence-corrected chi connectivity index (χ2v) is 5.05. The fraction of sp³-hybridized carbons (Fsp3) is 0.312. The Morgan fingerprint density at radius 3 is 2.79 bits per heavy atom. The van der Waals surface area contributed by atoms with Gasteiger partial charge >= 0.3 is 0 Å². The highest BCUT2D eigenvalue weighted by Crippen LogP contribution is 2.19. The van der Waals surface area contributed by atoms with E-state index in [0.29, 0.717) is 0 Å². The maximum absolute atomic E-state index is 6.32. The van der Waals surface area contributed by atoms with Crippen molar-refractivity contribution in [2.24, 2.45) is 0 Å². The van der Waals surface area contributed by atoms with E-state index in [2.05, 4.69) is 41.5 Å². The van der Waals surface area contributed by atoms with Crippen molar-refractivity contribution in [3.05, 3.63) is 64.4 Å². The standard InChI is InChI=1S/C16H19ClN2/c1-2-7-18-12-15-6-5-13(10-16(15)17)9-14-4-3-8-19-11-14/h3-6,8,10-11,18H,2,7,9,12H2,1H3. The minimum atomic E-state index is 0.833. The van der Waals surface area contributed by atoms with Gasteiger partial charge in [-0.2, -0.15) is 0 Å². The number of nitrogens with zero attached hydrogens (tertiary/aromatic N) is 1. The van der Waals surface area contributed by atoms with E-state index in [-0.39, 0.29) is 0 Å². The monoisotopic (exact) mass is 274 g/mol. The molecular weight excluding hydrogens is 256 g/mol. The Kier molecular flexibility index (Phi) is 5.37. The summed E-state index contributed by atoms with van der Waals surface area (Å²) in [4.78, 5) is 4.13. The second-order valence-electron chi connectivity index (χ2n) is 4.64. The molecule has 3 heteroatoms. The van der Waals surface area contributed by atoms with Gasteiger partial charge in [-0.05, 0) is 48.2 Å². The summed E-state index contributed by atoms with van der Waals surface area (Å²) in [6.07, 6.45) is 5.69. The minimum Gasteiger partial charge on any atom is -0.313 e.